The molecule has 0 bridgehead atoms. The van der Waals surface area contributed by atoms with E-state index in [0.717, 1.165) is 12.8 Å². The van der Waals surface area contributed by atoms with Gasteiger partial charge in [0.05, 0.1) is 11.5 Å². The van der Waals surface area contributed by atoms with E-state index >= 15 is 0 Å². The van der Waals surface area contributed by atoms with E-state index in [1.807, 2.05) is 6.92 Å². The molecule has 0 aliphatic carbocycles. The van der Waals surface area contributed by atoms with Gasteiger partial charge in [-0.05, 0) is 25.5 Å². The van der Waals surface area contributed by atoms with Gasteiger partial charge < -0.3 is 9.47 Å². The van der Waals surface area contributed by atoms with Crippen molar-refractivity contribution in [1.82, 2.24) is 0 Å². The van der Waals surface area contributed by atoms with Crippen molar-refractivity contribution in [2.45, 2.75) is 33.1 Å². The molecule has 1 aromatic rings. The Morgan fingerprint density at radius 1 is 1.32 bits per heavy atom. The number of rotatable bonds is 6. The number of Topliss-reactive ketones (excluding diaryl/α,β-unsaturated/α-hetero) is 2. The van der Waals surface area contributed by atoms with E-state index in [2.05, 4.69) is 0 Å². The number of ketones is 2. The molecule has 0 spiro atoms. The molecule has 4 nitrogen and oxygen atoms in total. The van der Waals surface area contributed by atoms with E-state index in [0.29, 0.717) is 23.5 Å². The highest BCUT2D eigenvalue weighted by molar-refractivity contribution is 6.11. The molecule has 0 radical (unpaired) electrons. The molecular weight excluding hydrogens is 244 g/mol. The van der Waals surface area contributed by atoms with Gasteiger partial charge in [0, 0.05) is 0 Å². The predicted molar refractivity (Wildman–Crippen MR) is 70.6 cm³/mol. The Hall–Kier alpha value is -1.84. The summed E-state index contributed by atoms with van der Waals surface area (Å²) in [5.74, 6) is 0.216. The number of para-hydroxylation sites is 1. The summed E-state index contributed by atoms with van der Waals surface area (Å²) in [5.41, 5.74) is 0.450. The fourth-order valence-electron chi connectivity index (χ4n) is 2.24. The molecule has 0 saturated heterocycles. The number of ether oxygens (including phenoxy) is 2. The number of fused-ring (bicyclic) bond motifs is 1. The summed E-state index contributed by atoms with van der Waals surface area (Å²) < 4.78 is 10.6. The summed E-state index contributed by atoms with van der Waals surface area (Å²) >= 11 is 0. The monoisotopic (exact) mass is 262 g/mol. The van der Waals surface area contributed by atoms with E-state index < -0.39 is 5.92 Å². The van der Waals surface area contributed by atoms with E-state index in [-0.39, 0.29) is 18.4 Å². The van der Waals surface area contributed by atoms with E-state index in [9.17, 15) is 9.59 Å². The minimum absolute atomic E-state index is 0.0880. The van der Waals surface area contributed by atoms with Crippen LogP contribution in [0.1, 0.15) is 43.5 Å². The van der Waals surface area contributed by atoms with Crippen molar-refractivity contribution in [3.63, 3.8) is 0 Å². The topological polar surface area (TPSA) is 52.6 Å². The van der Waals surface area contributed by atoms with Crippen LogP contribution in [0.15, 0.2) is 18.2 Å². The van der Waals surface area contributed by atoms with Gasteiger partial charge in [-0.25, -0.2) is 0 Å². The lowest BCUT2D eigenvalue weighted by Crippen LogP contribution is -2.22. The van der Waals surface area contributed by atoms with Gasteiger partial charge in [0.1, 0.15) is 5.78 Å². The lowest BCUT2D eigenvalue weighted by Gasteiger charge is -2.13. The molecule has 1 aliphatic rings. The summed E-state index contributed by atoms with van der Waals surface area (Å²) in [7, 11) is 0. The van der Waals surface area contributed by atoms with Gasteiger partial charge in [-0.2, -0.15) is 0 Å². The normalized spacial score (nSPS) is 14.2. The maximum atomic E-state index is 12.5. The van der Waals surface area contributed by atoms with Crippen molar-refractivity contribution < 1.29 is 19.1 Å². The largest absolute Gasteiger partial charge is 0.454 e. The molecule has 1 unspecified atom stereocenters. The zero-order chi connectivity index (χ0) is 13.8. The maximum absolute atomic E-state index is 12.5. The number of carbonyl (C=O) groups is 2. The Balaban J connectivity index is 2.27. The summed E-state index contributed by atoms with van der Waals surface area (Å²) in [5, 5.41) is 0. The van der Waals surface area contributed by atoms with Crippen molar-refractivity contribution in [3.05, 3.63) is 23.8 Å². The van der Waals surface area contributed by atoms with Crippen LogP contribution in [0.5, 0.6) is 11.5 Å². The standard InChI is InChI=1S/C15H18O4/c1-3-4-6-11(10(2)16)14(17)12-7-5-8-13-15(12)19-9-18-13/h5,7-8,11H,3-4,6,9H2,1-2H3. The van der Waals surface area contributed by atoms with E-state index in [1.54, 1.807) is 18.2 Å². The zero-order valence-electron chi connectivity index (χ0n) is 11.3. The minimum atomic E-state index is -0.573. The van der Waals surface area contributed by atoms with Crippen LogP contribution in [0.2, 0.25) is 0 Å². The summed E-state index contributed by atoms with van der Waals surface area (Å²) in [6.45, 7) is 3.64. The van der Waals surface area contributed by atoms with Crippen LogP contribution in [0.3, 0.4) is 0 Å². The fraction of sp³-hybridized carbons (Fsp3) is 0.467. The van der Waals surface area contributed by atoms with Gasteiger partial charge >= 0.3 is 0 Å². The fourth-order valence-corrected chi connectivity index (χ4v) is 2.24. The third-order valence-electron chi connectivity index (χ3n) is 3.32. The lowest BCUT2D eigenvalue weighted by atomic mass is 9.89. The van der Waals surface area contributed by atoms with Crippen LogP contribution in [0.25, 0.3) is 0 Å². The molecule has 0 N–H and O–H groups in total. The minimum Gasteiger partial charge on any atom is -0.454 e. The quantitative estimate of drug-likeness (QED) is 0.584. The van der Waals surface area contributed by atoms with Gasteiger partial charge in [-0.1, -0.05) is 25.8 Å². The molecule has 19 heavy (non-hydrogen) atoms. The van der Waals surface area contributed by atoms with Crippen LogP contribution < -0.4 is 9.47 Å². The third-order valence-corrected chi connectivity index (χ3v) is 3.32. The van der Waals surface area contributed by atoms with Gasteiger partial charge in [0.25, 0.3) is 0 Å². The van der Waals surface area contributed by atoms with Gasteiger partial charge in [-0.15, -0.1) is 0 Å². The molecule has 0 saturated carbocycles. The number of benzene rings is 1. The van der Waals surface area contributed by atoms with Gasteiger partial charge in [0.15, 0.2) is 17.3 Å². The maximum Gasteiger partial charge on any atom is 0.231 e. The van der Waals surface area contributed by atoms with Crippen molar-refractivity contribution >= 4 is 11.6 Å². The molecule has 1 heterocycles. The SMILES string of the molecule is CCCCC(C(C)=O)C(=O)c1cccc2c1OCO2. The first-order chi connectivity index (χ1) is 9.15. The Kier molecular flexibility index (Phi) is 4.20. The van der Waals surface area contributed by atoms with Crippen LogP contribution in [-0.2, 0) is 4.79 Å². The number of hydrogen-bond acceptors (Lipinski definition) is 4. The van der Waals surface area contributed by atoms with Crippen LogP contribution in [0.4, 0.5) is 0 Å². The highest BCUT2D eigenvalue weighted by atomic mass is 16.7. The molecular formula is C15H18O4. The van der Waals surface area contributed by atoms with E-state index in [1.165, 1.54) is 6.92 Å². The average molecular weight is 262 g/mol. The molecule has 0 fully saturated rings. The summed E-state index contributed by atoms with van der Waals surface area (Å²) in [6.07, 6.45) is 2.42. The van der Waals surface area contributed by atoms with Gasteiger partial charge in [0.2, 0.25) is 6.79 Å². The smallest absolute Gasteiger partial charge is 0.231 e. The second-order valence-electron chi connectivity index (χ2n) is 4.71. The van der Waals surface area contributed by atoms with Crippen LogP contribution in [0, 0.1) is 5.92 Å². The summed E-state index contributed by atoms with van der Waals surface area (Å²) in [6, 6.07) is 5.20. The third kappa shape index (κ3) is 2.78. The zero-order valence-corrected chi connectivity index (χ0v) is 11.3. The predicted octanol–water partition coefficient (Wildman–Crippen LogP) is 2.99. The lowest BCUT2D eigenvalue weighted by molar-refractivity contribution is -0.119. The Bertz CT molecular complexity index is 493. The second kappa shape index (κ2) is 5.87. The first-order valence-corrected chi connectivity index (χ1v) is 6.58. The number of carbonyl (C=O) groups excluding carboxylic acids is 2. The van der Waals surface area contributed by atoms with Crippen molar-refractivity contribution in [3.8, 4) is 11.5 Å². The van der Waals surface area contributed by atoms with Crippen LogP contribution in [-0.4, -0.2) is 18.4 Å². The highest BCUT2D eigenvalue weighted by Gasteiger charge is 2.29. The van der Waals surface area contributed by atoms with Crippen LogP contribution >= 0.6 is 0 Å². The molecule has 2 rings (SSSR count). The number of unbranched alkanes of at least 4 members (excludes halogenated alkanes) is 1. The molecule has 1 atom stereocenters. The van der Waals surface area contributed by atoms with E-state index in [4.69, 9.17) is 9.47 Å². The first kappa shape index (κ1) is 13.6. The molecule has 0 aromatic heterocycles. The Morgan fingerprint density at radius 2 is 2.11 bits per heavy atom. The van der Waals surface area contributed by atoms with Crippen molar-refractivity contribution in [1.29, 1.82) is 0 Å². The van der Waals surface area contributed by atoms with Crippen molar-refractivity contribution in [2.24, 2.45) is 5.92 Å². The second-order valence-corrected chi connectivity index (χ2v) is 4.71. The molecule has 0 amide bonds. The van der Waals surface area contributed by atoms with Crippen molar-refractivity contribution in [2.75, 3.05) is 6.79 Å². The number of hydrogen-bond donors (Lipinski definition) is 0. The average Bonchev–Trinajstić information content (AvgIpc) is 2.86. The summed E-state index contributed by atoms with van der Waals surface area (Å²) in [4.78, 5) is 24.2. The Morgan fingerprint density at radius 3 is 2.79 bits per heavy atom. The molecule has 1 aromatic carbocycles. The molecule has 1 aliphatic heterocycles. The molecule has 102 valence electrons. The Labute approximate surface area is 112 Å². The van der Waals surface area contributed by atoms with Gasteiger partial charge in [-0.3, -0.25) is 9.59 Å². The highest BCUT2D eigenvalue weighted by Crippen LogP contribution is 2.37. The first-order valence-electron chi connectivity index (χ1n) is 6.58. The molecule has 4 heteroatoms.